The van der Waals surface area contributed by atoms with Crippen LogP contribution in [0.25, 0.3) is 0 Å². The maximum absolute atomic E-state index is 12.0. The van der Waals surface area contributed by atoms with Crippen LogP contribution in [-0.2, 0) is 16.4 Å². The Morgan fingerprint density at radius 2 is 1.75 bits per heavy atom. The second-order valence-corrected chi connectivity index (χ2v) is 7.35. The van der Waals surface area contributed by atoms with Crippen molar-refractivity contribution in [3.8, 4) is 0 Å². The molecule has 0 saturated heterocycles. The van der Waals surface area contributed by atoms with Crippen molar-refractivity contribution in [3.05, 3.63) is 29.8 Å². The van der Waals surface area contributed by atoms with Gasteiger partial charge in [0.05, 0.1) is 4.90 Å². The van der Waals surface area contributed by atoms with Crippen molar-refractivity contribution < 1.29 is 8.42 Å². The monoisotopic (exact) mass is 298 g/mol. The molecule has 0 saturated carbocycles. The van der Waals surface area contributed by atoms with Crippen LogP contribution in [0.4, 0.5) is 0 Å². The average molecular weight is 298 g/mol. The largest absolute Gasteiger partial charge is 0.314 e. The summed E-state index contributed by atoms with van der Waals surface area (Å²) in [7, 11) is -0.231. The highest BCUT2D eigenvalue weighted by atomic mass is 32.2. The summed E-state index contributed by atoms with van der Waals surface area (Å²) in [6, 6.07) is 7.65. The molecule has 0 bridgehead atoms. The summed E-state index contributed by atoms with van der Waals surface area (Å²) < 4.78 is 25.2. The fourth-order valence-electron chi connectivity index (χ4n) is 2.00. The van der Waals surface area contributed by atoms with Crippen molar-refractivity contribution >= 4 is 10.0 Å². The molecule has 0 aliphatic rings. The van der Waals surface area contributed by atoms with E-state index in [1.807, 2.05) is 12.1 Å². The van der Waals surface area contributed by atoms with Gasteiger partial charge in [-0.3, -0.25) is 0 Å². The SMILES string of the molecule is CCCNC(CC)Cc1ccc(S(=O)(=O)N(C)C)cc1. The van der Waals surface area contributed by atoms with Crippen molar-refractivity contribution in [2.24, 2.45) is 0 Å². The van der Waals surface area contributed by atoms with E-state index in [0.717, 1.165) is 31.4 Å². The summed E-state index contributed by atoms with van der Waals surface area (Å²) in [6.45, 7) is 5.34. The zero-order valence-electron chi connectivity index (χ0n) is 12.9. The Bertz CT molecular complexity index is 495. The minimum Gasteiger partial charge on any atom is -0.314 e. The lowest BCUT2D eigenvalue weighted by molar-refractivity contribution is 0.494. The molecule has 0 aliphatic carbocycles. The molecule has 0 spiro atoms. The third-order valence-electron chi connectivity index (χ3n) is 3.36. The molecule has 0 aliphatic heterocycles. The van der Waals surface area contributed by atoms with E-state index in [1.54, 1.807) is 26.2 Å². The molecule has 1 rings (SSSR count). The van der Waals surface area contributed by atoms with E-state index >= 15 is 0 Å². The molecule has 0 fully saturated rings. The van der Waals surface area contributed by atoms with Gasteiger partial charge in [0.2, 0.25) is 10.0 Å². The Balaban J connectivity index is 2.76. The number of benzene rings is 1. The minimum absolute atomic E-state index is 0.348. The molecule has 4 nitrogen and oxygen atoms in total. The lowest BCUT2D eigenvalue weighted by Gasteiger charge is -2.17. The van der Waals surface area contributed by atoms with E-state index in [0.29, 0.717) is 10.9 Å². The Kier molecular flexibility index (Phi) is 6.65. The number of sulfonamides is 1. The van der Waals surface area contributed by atoms with Gasteiger partial charge in [-0.1, -0.05) is 26.0 Å². The topological polar surface area (TPSA) is 49.4 Å². The van der Waals surface area contributed by atoms with Crippen LogP contribution in [0, 0.1) is 0 Å². The predicted molar refractivity (Wildman–Crippen MR) is 83.4 cm³/mol. The van der Waals surface area contributed by atoms with Gasteiger partial charge in [-0.25, -0.2) is 12.7 Å². The second kappa shape index (κ2) is 7.76. The normalized spacial score (nSPS) is 13.7. The fourth-order valence-corrected chi connectivity index (χ4v) is 2.90. The number of hydrogen-bond acceptors (Lipinski definition) is 3. The van der Waals surface area contributed by atoms with Gasteiger partial charge in [0.1, 0.15) is 0 Å². The molecular weight excluding hydrogens is 272 g/mol. The van der Waals surface area contributed by atoms with Gasteiger partial charge >= 0.3 is 0 Å². The quantitative estimate of drug-likeness (QED) is 0.801. The first-order valence-electron chi connectivity index (χ1n) is 7.16. The summed E-state index contributed by atoms with van der Waals surface area (Å²) in [6.07, 6.45) is 3.12. The van der Waals surface area contributed by atoms with E-state index in [4.69, 9.17) is 0 Å². The van der Waals surface area contributed by atoms with Crippen LogP contribution in [0.2, 0.25) is 0 Å². The van der Waals surface area contributed by atoms with Gasteiger partial charge in [0, 0.05) is 20.1 Å². The van der Waals surface area contributed by atoms with Crippen LogP contribution in [0.5, 0.6) is 0 Å². The van der Waals surface area contributed by atoms with Crippen LogP contribution in [-0.4, -0.2) is 39.4 Å². The van der Waals surface area contributed by atoms with Crippen molar-refractivity contribution in [2.75, 3.05) is 20.6 Å². The molecule has 0 aromatic heterocycles. The molecule has 5 heteroatoms. The third-order valence-corrected chi connectivity index (χ3v) is 5.19. The van der Waals surface area contributed by atoms with Gasteiger partial charge in [-0.15, -0.1) is 0 Å². The van der Waals surface area contributed by atoms with Crippen molar-refractivity contribution in [1.82, 2.24) is 9.62 Å². The van der Waals surface area contributed by atoms with E-state index in [-0.39, 0.29) is 0 Å². The summed E-state index contributed by atoms with van der Waals surface area (Å²) in [5.41, 5.74) is 1.16. The number of rotatable bonds is 8. The average Bonchev–Trinajstić information content (AvgIpc) is 2.43. The van der Waals surface area contributed by atoms with Crippen LogP contribution in [0.3, 0.4) is 0 Å². The summed E-state index contributed by atoms with van der Waals surface area (Å²) in [5.74, 6) is 0. The van der Waals surface area contributed by atoms with Crippen molar-refractivity contribution in [1.29, 1.82) is 0 Å². The van der Waals surface area contributed by atoms with Gasteiger partial charge in [0.15, 0.2) is 0 Å². The second-order valence-electron chi connectivity index (χ2n) is 5.19. The molecule has 20 heavy (non-hydrogen) atoms. The van der Waals surface area contributed by atoms with E-state index in [2.05, 4.69) is 19.2 Å². The highest BCUT2D eigenvalue weighted by Gasteiger charge is 2.16. The van der Waals surface area contributed by atoms with Crippen LogP contribution < -0.4 is 5.32 Å². The molecule has 1 N–H and O–H groups in total. The lowest BCUT2D eigenvalue weighted by Crippen LogP contribution is -2.31. The predicted octanol–water partition coefficient (Wildman–Crippen LogP) is 2.26. The molecule has 0 radical (unpaired) electrons. The van der Waals surface area contributed by atoms with Gasteiger partial charge in [0.25, 0.3) is 0 Å². The molecule has 1 unspecified atom stereocenters. The summed E-state index contributed by atoms with van der Waals surface area (Å²) in [4.78, 5) is 0.348. The molecular formula is C15H26N2O2S. The molecule has 1 aromatic carbocycles. The van der Waals surface area contributed by atoms with E-state index in [1.165, 1.54) is 4.31 Å². The maximum Gasteiger partial charge on any atom is 0.242 e. The Labute approximate surface area is 123 Å². The summed E-state index contributed by atoms with van der Waals surface area (Å²) >= 11 is 0. The highest BCUT2D eigenvalue weighted by molar-refractivity contribution is 7.89. The van der Waals surface area contributed by atoms with Crippen LogP contribution in [0.15, 0.2) is 29.2 Å². The first-order chi connectivity index (χ1) is 9.41. The Hall–Kier alpha value is -0.910. The molecule has 1 atom stereocenters. The number of hydrogen-bond donors (Lipinski definition) is 1. The van der Waals surface area contributed by atoms with Crippen LogP contribution >= 0.6 is 0 Å². The first-order valence-corrected chi connectivity index (χ1v) is 8.60. The Morgan fingerprint density at radius 3 is 2.20 bits per heavy atom. The molecule has 0 heterocycles. The van der Waals surface area contributed by atoms with Crippen molar-refractivity contribution in [3.63, 3.8) is 0 Å². The number of nitrogens with one attached hydrogen (secondary N) is 1. The standard InChI is InChI=1S/C15H26N2O2S/c1-5-11-16-14(6-2)12-13-7-9-15(10-8-13)20(18,19)17(3)4/h7-10,14,16H,5-6,11-12H2,1-4H3. The Morgan fingerprint density at radius 1 is 1.15 bits per heavy atom. The molecule has 0 amide bonds. The highest BCUT2D eigenvalue weighted by Crippen LogP contribution is 2.15. The maximum atomic E-state index is 12.0. The van der Waals surface area contributed by atoms with Crippen molar-refractivity contribution in [2.45, 2.75) is 44.0 Å². The first kappa shape index (κ1) is 17.1. The van der Waals surface area contributed by atoms with E-state index in [9.17, 15) is 8.42 Å². The molecule has 1 aromatic rings. The van der Waals surface area contributed by atoms with Gasteiger partial charge in [-0.05, 0) is 43.5 Å². The smallest absolute Gasteiger partial charge is 0.242 e. The summed E-state index contributed by atoms with van der Waals surface area (Å²) in [5, 5.41) is 3.50. The van der Waals surface area contributed by atoms with Gasteiger partial charge < -0.3 is 5.32 Å². The van der Waals surface area contributed by atoms with Gasteiger partial charge in [-0.2, -0.15) is 0 Å². The lowest BCUT2D eigenvalue weighted by atomic mass is 10.0. The fraction of sp³-hybridized carbons (Fsp3) is 0.600. The van der Waals surface area contributed by atoms with E-state index < -0.39 is 10.0 Å². The zero-order valence-corrected chi connectivity index (χ0v) is 13.7. The third kappa shape index (κ3) is 4.58. The van der Waals surface area contributed by atoms with Crippen LogP contribution in [0.1, 0.15) is 32.3 Å². The number of nitrogens with zero attached hydrogens (tertiary/aromatic N) is 1. The minimum atomic E-state index is -3.32. The zero-order chi connectivity index (χ0) is 15.2. The molecule has 114 valence electrons.